The number of fused-ring (bicyclic) bond motifs is 1. The van der Waals surface area contributed by atoms with E-state index in [1.165, 1.54) is 35.6 Å². The van der Waals surface area contributed by atoms with Crippen LogP contribution in [0.15, 0.2) is 36.4 Å². The molecule has 2 aromatic rings. The first-order valence-corrected chi connectivity index (χ1v) is 7.61. The van der Waals surface area contributed by atoms with Crippen molar-refractivity contribution in [3.8, 4) is 5.75 Å². The molecule has 0 aliphatic heterocycles. The molecule has 2 heteroatoms. The molecule has 3 rings (SSSR count). The third kappa shape index (κ3) is 2.53. The van der Waals surface area contributed by atoms with Gasteiger partial charge in [-0.1, -0.05) is 42.8 Å². The van der Waals surface area contributed by atoms with Crippen LogP contribution in [0.3, 0.4) is 0 Å². The van der Waals surface area contributed by atoms with Crippen LogP contribution in [0, 0.1) is 5.92 Å². The number of ether oxygens (including phenoxy) is 1. The Hall–Kier alpha value is -1.54. The topological polar surface area (TPSA) is 21.3 Å². The predicted octanol–water partition coefficient (Wildman–Crippen LogP) is 4.30. The molecule has 0 heterocycles. The highest BCUT2D eigenvalue weighted by Crippen LogP contribution is 2.35. The molecule has 1 saturated carbocycles. The molecular weight excluding hydrogens is 246 g/mol. The van der Waals surface area contributed by atoms with E-state index in [0.717, 1.165) is 18.3 Å². The Morgan fingerprint density at radius 3 is 2.70 bits per heavy atom. The molecule has 0 radical (unpaired) electrons. The van der Waals surface area contributed by atoms with E-state index in [9.17, 15) is 0 Å². The Morgan fingerprint density at radius 1 is 1.20 bits per heavy atom. The van der Waals surface area contributed by atoms with Gasteiger partial charge in [0.2, 0.25) is 0 Å². The maximum Gasteiger partial charge on any atom is 0.131 e. The molecule has 1 aliphatic rings. The SMILES string of the molecule is CNC(C)c1ccc2ccccc2c1OCC1CCC1. The van der Waals surface area contributed by atoms with Gasteiger partial charge >= 0.3 is 0 Å². The highest BCUT2D eigenvalue weighted by molar-refractivity contribution is 5.89. The summed E-state index contributed by atoms with van der Waals surface area (Å²) in [4.78, 5) is 0. The summed E-state index contributed by atoms with van der Waals surface area (Å²) in [5.41, 5.74) is 1.26. The molecule has 1 atom stereocenters. The van der Waals surface area contributed by atoms with E-state index in [-0.39, 0.29) is 0 Å². The minimum Gasteiger partial charge on any atom is -0.492 e. The number of hydrogen-bond acceptors (Lipinski definition) is 2. The lowest BCUT2D eigenvalue weighted by Gasteiger charge is -2.27. The molecule has 1 N–H and O–H groups in total. The zero-order chi connectivity index (χ0) is 13.9. The minimum absolute atomic E-state index is 0.302. The van der Waals surface area contributed by atoms with Crippen molar-refractivity contribution in [3.05, 3.63) is 42.0 Å². The van der Waals surface area contributed by atoms with Crippen molar-refractivity contribution in [1.82, 2.24) is 5.32 Å². The number of nitrogens with one attached hydrogen (secondary N) is 1. The molecule has 0 amide bonds. The maximum atomic E-state index is 6.24. The van der Waals surface area contributed by atoms with Crippen molar-refractivity contribution < 1.29 is 4.74 Å². The van der Waals surface area contributed by atoms with Gasteiger partial charge in [0, 0.05) is 17.0 Å². The molecule has 1 fully saturated rings. The van der Waals surface area contributed by atoms with Gasteiger partial charge in [-0.3, -0.25) is 0 Å². The summed E-state index contributed by atoms with van der Waals surface area (Å²) >= 11 is 0. The number of rotatable bonds is 5. The van der Waals surface area contributed by atoms with Crippen LogP contribution in [-0.2, 0) is 0 Å². The van der Waals surface area contributed by atoms with E-state index in [1.807, 2.05) is 7.05 Å². The first-order chi connectivity index (χ1) is 9.79. The van der Waals surface area contributed by atoms with Gasteiger partial charge in [0.15, 0.2) is 0 Å². The Morgan fingerprint density at radius 2 is 2.00 bits per heavy atom. The first-order valence-electron chi connectivity index (χ1n) is 7.61. The second-order valence-electron chi connectivity index (χ2n) is 5.82. The molecule has 1 aliphatic carbocycles. The van der Waals surface area contributed by atoms with Crippen LogP contribution in [0.5, 0.6) is 5.75 Å². The molecule has 1 unspecified atom stereocenters. The fourth-order valence-electron chi connectivity index (χ4n) is 2.78. The Labute approximate surface area is 121 Å². The fraction of sp³-hybridized carbons (Fsp3) is 0.444. The second-order valence-corrected chi connectivity index (χ2v) is 5.82. The summed E-state index contributed by atoms with van der Waals surface area (Å²) in [5.74, 6) is 1.82. The van der Waals surface area contributed by atoms with Crippen molar-refractivity contribution in [2.24, 2.45) is 5.92 Å². The summed E-state index contributed by atoms with van der Waals surface area (Å²) in [6.07, 6.45) is 4.01. The van der Waals surface area contributed by atoms with E-state index in [0.29, 0.717) is 6.04 Å². The van der Waals surface area contributed by atoms with Gasteiger partial charge < -0.3 is 10.1 Å². The average molecular weight is 269 g/mol. The Bertz CT molecular complexity index is 589. The second kappa shape index (κ2) is 5.84. The van der Waals surface area contributed by atoms with Crippen LogP contribution >= 0.6 is 0 Å². The molecule has 20 heavy (non-hydrogen) atoms. The van der Waals surface area contributed by atoms with Crippen LogP contribution in [0.1, 0.15) is 37.8 Å². The van der Waals surface area contributed by atoms with Gasteiger partial charge in [-0.2, -0.15) is 0 Å². The van der Waals surface area contributed by atoms with Crippen LogP contribution in [0.25, 0.3) is 10.8 Å². The summed E-state index contributed by atoms with van der Waals surface area (Å²) in [7, 11) is 2.00. The van der Waals surface area contributed by atoms with E-state index >= 15 is 0 Å². The van der Waals surface area contributed by atoms with E-state index in [1.54, 1.807) is 0 Å². The Kier molecular flexibility index (Phi) is 3.93. The zero-order valence-electron chi connectivity index (χ0n) is 12.4. The average Bonchev–Trinajstić information content (AvgIpc) is 2.44. The summed E-state index contributed by atoms with van der Waals surface area (Å²) in [5, 5.41) is 5.80. The van der Waals surface area contributed by atoms with Crippen molar-refractivity contribution in [3.63, 3.8) is 0 Å². The van der Waals surface area contributed by atoms with Crippen molar-refractivity contribution in [1.29, 1.82) is 0 Å². The van der Waals surface area contributed by atoms with Crippen molar-refractivity contribution in [2.45, 2.75) is 32.2 Å². The minimum atomic E-state index is 0.302. The highest BCUT2D eigenvalue weighted by atomic mass is 16.5. The summed E-state index contributed by atoms with van der Waals surface area (Å²) in [6.45, 7) is 3.04. The highest BCUT2D eigenvalue weighted by Gasteiger charge is 2.20. The van der Waals surface area contributed by atoms with E-state index in [2.05, 4.69) is 48.6 Å². The number of benzene rings is 2. The largest absolute Gasteiger partial charge is 0.492 e. The molecule has 0 spiro atoms. The van der Waals surface area contributed by atoms with Crippen LogP contribution < -0.4 is 10.1 Å². The lowest BCUT2D eigenvalue weighted by molar-refractivity contribution is 0.180. The van der Waals surface area contributed by atoms with Crippen LogP contribution in [0.2, 0.25) is 0 Å². The monoisotopic (exact) mass is 269 g/mol. The van der Waals surface area contributed by atoms with Crippen molar-refractivity contribution in [2.75, 3.05) is 13.7 Å². The molecule has 0 aromatic heterocycles. The molecule has 2 nitrogen and oxygen atoms in total. The third-order valence-electron chi connectivity index (χ3n) is 4.50. The quantitative estimate of drug-likeness (QED) is 0.874. The fourth-order valence-corrected chi connectivity index (χ4v) is 2.78. The standard InChI is InChI=1S/C18H23NO/c1-13(19-2)16-11-10-15-8-3-4-9-17(15)18(16)20-12-14-6-5-7-14/h3-4,8-11,13-14,19H,5-7,12H2,1-2H3. The first kappa shape index (κ1) is 13.4. The van der Waals surface area contributed by atoms with Crippen LogP contribution in [0.4, 0.5) is 0 Å². The van der Waals surface area contributed by atoms with Crippen LogP contribution in [-0.4, -0.2) is 13.7 Å². The van der Waals surface area contributed by atoms with Gasteiger partial charge in [-0.25, -0.2) is 0 Å². The van der Waals surface area contributed by atoms with Gasteiger partial charge in [-0.05, 0) is 38.1 Å². The third-order valence-corrected chi connectivity index (χ3v) is 4.50. The van der Waals surface area contributed by atoms with E-state index in [4.69, 9.17) is 4.74 Å². The normalized spacial score (nSPS) is 16.9. The predicted molar refractivity (Wildman–Crippen MR) is 84.3 cm³/mol. The lowest BCUT2D eigenvalue weighted by Crippen LogP contribution is -2.21. The summed E-state index contributed by atoms with van der Waals surface area (Å²) in [6, 6.07) is 13.2. The zero-order valence-corrected chi connectivity index (χ0v) is 12.4. The van der Waals surface area contributed by atoms with E-state index < -0.39 is 0 Å². The lowest BCUT2D eigenvalue weighted by atomic mass is 9.86. The smallest absolute Gasteiger partial charge is 0.131 e. The van der Waals surface area contributed by atoms with Crippen molar-refractivity contribution >= 4 is 10.8 Å². The summed E-state index contributed by atoms with van der Waals surface area (Å²) < 4.78 is 6.24. The number of hydrogen-bond donors (Lipinski definition) is 1. The molecule has 2 aromatic carbocycles. The van der Waals surface area contributed by atoms with Gasteiger partial charge in [0.25, 0.3) is 0 Å². The molecule has 0 bridgehead atoms. The Balaban J connectivity index is 1.98. The van der Waals surface area contributed by atoms with Gasteiger partial charge in [0.05, 0.1) is 6.61 Å². The molecular formula is C18H23NO. The van der Waals surface area contributed by atoms with Gasteiger partial charge in [-0.15, -0.1) is 0 Å². The molecule has 106 valence electrons. The maximum absolute atomic E-state index is 6.24. The van der Waals surface area contributed by atoms with Gasteiger partial charge in [0.1, 0.15) is 5.75 Å². The molecule has 0 saturated heterocycles.